The summed E-state index contributed by atoms with van der Waals surface area (Å²) in [5.41, 5.74) is 1.73. The maximum absolute atomic E-state index is 11.8. The Bertz CT molecular complexity index is 987. The van der Waals surface area contributed by atoms with Crippen molar-refractivity contribution in [1.82, 2.24) is 15.0 Å². The molecule has 0 radical (unpaired) electrons. The lowest BCUT2D eigenvalue weighted by atomic mass is 9.96. The van der Waals surface area contributed by atoms with E-state index in [-0.39, 0.29) is 11.9 Å². The highest BCUT2D eigenvalue weighted by atomic mass is 35.5. The molecule has 1 aliphatic heterocycles. The molecule has 1 fully saturated rings. The summed E-state index contributed by atoms with van der Waals surface area (Å²) in [6, 6.07) is 7.69. The number of rotatable bonds is 3. The fraction of sp³-hybridized carbons (Fsp3) is 0.300. The van der Waals surface area contributed by atoms with Crippen LogP contribution >= 0.6 is 11.6 Å². The van der Waals surface area contributed by atoms with Gasteiger partial charge in [-0.25, -0.2) is 9.97 Å². The van der Waals surface area contributed by atoms with Crippen LogP contribution in [0.2, 0.25) is 5.15 Å². The second kappa shape index (κ2) is 7.48. The predicted molar refractivity (Wildman–Crippen MR) is 105 cm³/mol. The third-order valence-electron chi connectivity index (χ3n) is 4.96. The molecule has 1 aliphatic rings. The molecule has 0 spiro atoms. The summed E-state index contributed by atoms with van der Waals surface area (Å²) in [6.45, 7) is 1.51. The van der Waals surface area contributed by atoms with Gasteiger partial charge in [-0.1, -0.05) is 11.6 Å². The van der Waals surface area contributed by atoms with Gasteiger partial charge in [-0.2, -0.15) is 0 Å². The van der Waals surface area contributed by atoms with E-state index in [4.69, 9.17) is 21.3 Å². The van der Waals surface area contributed by atoms with Crippen molar-refractivity contribution in [3.63, 3.8) is 0 Å². The summed E-state index contributed by atoms with van der Waals surface area (Å²) in [7, 11) is 1.44. The molecule has 3 aromatic heterocycles. The summed E-state index contributed by atoms with van der Waals surface area (Å²) in [6.07, 6.45) is 6.80. The van der Waals surface area contributed by atoms with Crippen molar-refractivity contribution in [1.29, 1.82) is 0 Å². The number of carbonyl (C=O) groups is 1. The van der Waals surface area contributed by atoms with E-state index in [1.54, 1.807) is 18.5 Å². The van der Waals surface area contributed by atoms with Crippen molar-refractivity contribution < 1.29 is 9.53 Å². The van der Waals surface area contributed by atoms with Gasteiger partial charge in [-0.15, -0.1) is 0 Å². The van der Waals surface area contributed by atoms with Crippen molar-refractivity contribution >= 4 is 34.2 Å². The Hall–Kier alpha value is -2.73. The van der Waals surface area contributed by atoms with Crippen LogP contribution in [-0.4, -0.2) is 41.1 Å². The van der Waals surface area contributed by atoms with Gasteiger partial charge in [0.25, 0.3) is 0 Å². The highest BCUT2D eigenvalue weighted by molar-refractivity contribution is 6.29. The van der Waals surface area contributed by atoms with E-state index in [1.807, 2.05) is 24.4 Å². The van der Waals surface area contributed by atoms with E-state index >= 15 is 0 Å². The smallest absolute Gasteiger partial charge is 0.308 e. The van der Waals surface area contributed by atoms with Crippen LogP contribution in [0.25, 0.3) is 22.0 Å². The topological polar surface area (TPSA) is 68.2 Å². The molecular formula is C20H19ClN4O2. The number of methoxy groups -OCH3 is 1. The van der Waals surface area contributed by atoms with Gasteiger partial charge in [-0.3, -0.25) is 9.78 Å². The fourth-order valence-corrected chi connectivity index (χ4v) is 3.70. The third-order valence-corrected chi connectivity index (χ3v) is 5.17. The molecule has 4 heterocycles. The van der Waals surface area contributed by atoms with E-state index < -0.39 is 0 Å². The second-order valence-electron chi connectivity index (χ2n) is 6.58. The highest BCUT2D eigenvalue weighted by Crippen LogP contribution is 2.32. The first kappa shape index (κ1) is 17.7. The summed E-state index contributed by atoms with van der Waals surface area (Å²) in [4.78, 5) is 27.3. The standard InChI is InChI=1S/C20H19ClN4O2/c1-27-20(26)13-4-8-25(9-5-13)19-16-3-6-22-12-15(16)10-17(24-19)14-2-7-23-18(21)11-14/h2-3,6-7,10-13H,4-5,8-9H2,1H3. The normalized spacial score (nSPS) is 15.1. The zero-order valence-corrected chi connectivity index (χ0v) is 15.7. The number of nitrogens with zero attached hydrogens (tertiary/aromatic N) is 4. The largest absolute Gasteiger partial charge is 0.469 e. The molecule has 0 N–H and O–H groups in total. The van der Waals surface area contributed by atoms with Gasteiger partial charge in [0.1, 0.15) is 11.0 Å². The monoisotopic (exact) mass is 382 g/mol. The summed E-state index contributed by atoms with van der Waals surface area (Å²) >= 11 is 6.06. The lowest BCUT2D eigenvalue weighted by Gasteiger charge is -2.32. The Morgan fingerprint density at radius 3 is 2.78 bits per heavy atom. The minimum Gasteiger partial charge on any atom is -0.469 e. The molecule has 0 atom stereocenters. The molecule has 27 heavy (non-hydrogen) atoms. The Morgan fingerprint density at radius 1 is 1.22 bits per heavy atom. The molecule has 4 rings (SSSR count). The number of pyridine rings is 3. The molecule has 7 heteroatoms. The first-order valence-corrected chi connectivity index (χ1v) is 9.23. The Kier molecular flexibility index (Phi) is 4.90. The molecule has 0 aromatic carbocycles. The minimum atomic E-state index is -0.128. The van der Waals surface area contributed by atoms with E-state index in [0.29, 0.717) is 5.15 Å². The number of ether oxygens (including phenoxy) is 1. The Labute approximate surface area is 162 Å². The van der Waals surface area contributed by atoms with Crippen LogP contribution in [0.15, 0.2) is 42.9 Å². The quantitative estimate of drug-likeness (QED) is 0.507. The number of aromatic nitrogens is 3. The number of carbonyl (C=O) groups excluding carboxylic acids is 1. The van der Waals surface area contributed by atoms with Gasteiger partial charge in [-0.05, 0) is 37.1 Å². The van der Waals surface area contributed by atoms with Gasteiger partial charge in [0.2, 0.25) is 0 Å². The molecular weight excluding hydrogens is 364 g/mol. The molecule has 6 nitrogen and oxygen atoms in total. The van der Waals surface area contributed by atoms with Crippen LogP contribution in [0.1, 0.15) is 12.8 Å². The van der Waals surface area contributed by atoms with Crippen LogP contribution in [0, 0.1) is 5.92 Å². The van der Waals surface area contributed by atoms with Crippen LogP contribution in [0.5, 0.6) is 0 Å². The van der Waals surface area contributed by atoms with Gasteiger partial charge in [0.05, 0.1) is 18.7 Å². The van der Waals surface area contributed by atoms with Crippen LogP contribution in [-0.2, 0) is 9.53 Å². The number of halogens is 1. The van der Waals surface area contributed by atoms with Gasteiger partial charge < -0.3 is 9.64 Å². The predicted octanol–water partition coefficient (Wildman–Crippen LogP) is 3.73. The summed E-state index contributed by atoms with van der Waals surface area (Å²) < 4.78 is 4.89. The van der Waals surface area contributed by atoms with Crippen molar-refractivity contribution in [2.75, 3.05) is 25.1 Å². The number of hydrogen-bond donors (Lipinski definition) is 0. The van der Waals surface area contributed by atoms with E-state index in [0.717, 1.165) is 53.8 Å². The average Bonchev–Trinajstić information content (AvgIpc) is 2.72. The molecule has 0 amide bonds. The number of esters is 1. The number of piperidine rings is 1. The number of fused-ring (bicyclic) bond motifs is 1. The number of anilines is 1. The fourth-order valence-electron chi connectivity index (χ4n) is 3.52. The number of hydrogen-bond acceptors (Lipinski definition) is 6. The first-order chi connectivity index (χ1) is 13.2. The molecule has 138 valence electrons. The maximum atomic E-state index is 11.8. The average molecular weight is 383 g/mol. The van der Waals surface area contributed by atoms with Crippen molar-refractivity contribution in [2.45, 2.75) is 12.8 Å². The minimum absolute atomic E-state index is 0.0404. The van der Waals surface area contributed by atoms with Gasteiger partial charge >= 0.3 is 5.97 Å². The van der Waals surface area contributed by atoms with Gasteiger partial charge in [0, 0.05) is 48.0 Å². The zero-order valence-electron chi connectivity index (χ0n) is 14.9. The summed E-state index contributed by atoms with van der Waals surface area (Å²) in [5.74, 6) is 0.736. The molecule has 1 saturated heterocycles. The Balaban J connectivity index is 1.73. The highest BCUT2D eigenvalue weighted by Gasteiger charge is 2.27. The van der Waals surface area contributed by atoms with Crippen LogP contribution in [0.3, 0.4) is 0 Å². The molecule has 0 unspecified atom stereocenters. The lowest BCUT2D eigenvalue weighted by molar-refractivity contribution is -0.146. The van der Waals surface area contributed by atoms with Crippen LogP contribution < -0.4 is 4.90 Å². The van der Waals surface area contributed by atoms with Gasteiger partial charge in [0.15, 0.2) is 0 Å². The SMILES string of the molecule is COC(=O)C1CCN(c2nc(-c3ccnc(Cl)c3)cc3cnccc23)CC1. The third kappa shape index (κ3) is 3.57. The molecule has 0 bridgehead atoms. The van der Waals surface area contributed by atoms with E-state index in [1.165, 1.54) is 7.11 Å². The van der Waals surface area contributed by atoms with Crippen LogP contribution in [0.4, 0.5) is 5.82 Å². The summed E-state index contributed by atoms with van der Waals surface area (Å²) in [5, 5.41) is 2.49. The first-order valence-electron chi connectivity index (χ1n) is 8.85. The lowest BCUT2D eigenvalue weighted by Crippen LogP contribution is -2.37. The van der Waals surface area contributed by atoms with Crippen molar-refractivity contribution in [3.05, 3.63) is 48.0 Å². The maximum Gasteiger partial charge on any atom is 0.308 e. The second-order valence-corrected chi connectivity index (χ2v) is 6.97. The van der Waals surface area contributed by atoms with E-state index in [9.17, 15) is 4.79 Å². The zero-order chi connectivity index (χ0) is 18.8. The molecule has 0 saturated carbocycles. The Morgan fingerprint density at radius 2 is 2.04 bits per heavy atom. The molecule has 0 aliphatic carbocycles. The molecule has 3 aromatic rings. The van der Waals surface area contributed by atoms with E-state index in [2.05, 4.69) is 14.9 Å². The van der Waals surface area contributed by atoms with Crippen molar-refractivity contribution in [3.8, 4) is 11.3 Å². The van der Waals surface area contributed by atoms with Crippen molar-refractivity contribution in [2.24, 2.45) is 5.92 Å².